The van der Waals surface area contributed by atoms with Crippen LogP contribution in [0.5, 0.6) is 0 Å². The Balaban J connectivity index is 2.34. The standard InChI is InChI=1S/C5H10AsClO2/c1-4-3-5(2)9-6(7)8-4/h4-5H,3H2,1-2H3/t4-,5-/m0/s1. The van der Waals surface area contributed by atoms with Crippen molar-refractivity contribution in [2.75, 3.05) is 0 Å². The summed E-state index contributed by atoms with van der Waals surface area (Å²) in [7, 11) is 5.71. The van der Waals surface area contributed by atoms with Crippen molar-refractivity contribution in [2.45, 2.75) is 32.5 Å². The summed E-state index contributed by atoms with van der Waals surface area (Å²) in [5, 5.41) is 0. The van der Waals surface area contributed by atoms with E-state index in [0.717, 1.165) is 6.42 Å². The molecule has 2 nitrogen and oxygen atoms in total. The fourth-order valence-corrected chi connectivity index (χ4v) is 3.93. The van der Waals surface area contributed by atoms with Crippen molar-refractivity contribution in [3.63, 3.8) is 0 Å². The molecule has 0 radical (unpaired) electrons. The predicted octanol–water partition coefficient (Wildman–Crippen LogP) is 1.42. The van der Waals surface area contributed by atoms with Crippen molar-refractivity contribution in [1.82, 2.24) is 0 Å². The molecule has 0 aromatic heterocycles. The van der Waals surface area contributed by atoms with Crippen molar-refractivity contribution in [3.8, 4) is 0 Å². The maximum absolute atomic E-state index is 5.71. The second-order valence-electron chi connectivity index (χ2n) is 2.28. The first-order valence-electron chi connectivity index (χ1n) is 2.98. The summed E-state index contributed by atoms with van der Waals surface area (Å²) in [6.45, 7) is 4.06. The van der Waals surface area contributed by atoms with Crippen LogP contribution in [0.4, 0.5) is 0 Å². The molecule has 1 fully saturated rings. The Morgan fingerprint density at radius 1 is 1.33 bits per heavy atom. The third-order valence-electron chi connectivity index (χ3n) is 1.19. The maximum atomic E-state index is 5.71. The van der Waals surface area contributed by atoms with Gasteiger partial charge in [-0.15, -0.1) is 0 Å². The summed E-state index contributed by atoms with van der Waals surface area (Å²) in [6.07, 6.45) is 1.57. The van der Waals surface area contributed by atoms with E-state index in [9.17, 15) is 0 Å². The summed E-state index contributed by atoms with van der Waals surface area (Å²) in [5.41, 5.74) is 0. The molecular formula is C5H10AsClO2. The van der Waals surface area contributed by atoms with E-state index in [1.807, 2.05) is 13.8 Å². The quantitative estimate of drug-likeness (QED) is 0.566. The van der Waals surface area contributed by atoms with Crippen LogP contribution >= 0.6 is 9.95 Å². The molecular weight excluding hydrogens is 202 g/mol. The SMILES string of the molecule is C[C@H]1C[C@H](C)O[As](Cl)O1. The van der Waals surface area contributed by atoms with Crippen LogP contribution in [0.3, 0.4) is 0 Å². The monoisotopic (exact) mass is 212 g/mol. The normalized spacial score (nSPS) is 45.0. The molecule has 0 spiro atoms. The van der Waals surface area contributed by atoms with Crippen molar-refractivity contribution >= 4 is 24.3 Å². The van der Waals surface area contributed by atoms with Crippen molar-refractivity contribution in [2.24, 2.45) is 0 Å². The molecule has 9 heavy (non-hydrogen) atoms. The van der Waals surface area contributed by atoms with Crippen LogP contribution in [-0.2, 0) is 7.45 Å². The molecule has 0 aromatic carbocycles. The van der Waals surface area contributed by atoms with Gasteiger partial charge in [-0.3, -0.25) is 0 Å². The summed E-state index contributed by atoms with van der Waals surface area (Å²) in [4.78, 5) is 0. The molecule has 0 aromatic rings. The van der Waals surface area contributed by atoms with Crippen molar-refractivity contribution in [3.05, 3.63) is 0 Å². The first-order chi connectivity index (χ1) is 4.18. The van der Waals surface area contributed by atoms with Gasteiger partial charge in [-0.1, -0.05) is 0 Å². The van der Waals surface area contributed by atoms with E-state index in [1.54, 1.807) is 0 Å². The van der Waals surface area contributed by atoms with Crippen LogP contribution in [0.15, 0.2) is 0 Å². The van der Waals surface area contributed by atoms with Crippen LogP contribution < -0.4 is 0 Å². The van der Waals surface area contributed by atoms with Crippen LogP contribution in [0, 0.1) is 0 Å². The van der Waals surface area contributed by atoms with E-state index in [4.69, 9.17) is 17.4 Å². The van der Waals surface area contributed by atoms with E-state index < -0.39 is 14.4 Å². The average molecular weight is 213 g/mol. The van der Waals surface area contributed by atoms with Crippen LogP contribution in [-0.4, -0.2) is 26.6 Å². The zero-order chi connectivity index (χ0) is 6.85. The van der Waals surface area contributed by atoms with Gasteiger partial charge in [-0.25, -0.2) is 0 Å². The fraction of sp³-hybridized carbons (Fsp3) is 1.00. The molecule has 54 valence electrons. The van der Waals surface area contributed by atoms with Gasteiger partial charge in [0.25, 0.3) is 0 Å². The predicted molar refractivity (Wildman–Crippen MR) is 37.3 cm³/mol. The average Bonchev–Trinajstić information content (AvgIpc) is 1.59. The molecule has 0 amide bonds. The first kappa shape index (κ1) is 7.87. The Hall–Kier alpha value is 0.768. The van der Waals surface area contributed by atoms with Gasteiger partial charge < -0.3 is 0 Å². The molecule has 0 aliphatic carbocycles. The molecule has 1 rings (SSSR count). The first-order valence-corrected chi connectivity index (χ1v) is 6.97. The van der Waals surface area contributed by atoms with E-state index in [2.05, 4.69) is 0 Å². The van der Waals surface area contributed by atoms with Gasteiger partial charge in [-0.05, 0) is 0 Å². The molecule has 0 bridgehead atoms. The molecule has 1 aliphatic rings. The molecule has 2 atom stereocenters. The Morgan fingerprint density at radius 2 is 1.78 bits per heavy atom. The molecule has 1 saturated heterocycles. The Labute approximate surface area is 64.6 Å². The van der Waals surface area contributed by atoms with E-state index in [0.29, 0.717) is 12.2 Å². The third-order valence-corrected chi connectivity index (χ3v) is 4.22. The number of halogens is 1. The number of hydrogen-bond donors (Lipinski definition) is 0. The van der Waals surface area contributed by atoms with E-state index in [-0.39, 0.29) is 0 Å². The fourth-order valence-electron chi connectivity index (χ4n) is 0.861. The van der Waals surface area contributed by atoms with Gasteiger partial charge in [0.05, 0.1) is 0 Å². The summed E-state index contributed by atoms with van der Waals surface area (Å²) < 4.78 is 10.5. The zero-order valence-electron chi connectivity index (χ0n) is 5.50. The second-order valence-corrected chi connectivity index (χ2v) is 5.49. The zero-order valence-corrected chi connectivity index (χ0v) is 8.14. The van der Waals surface area contributed by atoms with Gasteiger partial charge >= 0.3 is 64.3 Å². The molecule has 1 heterocycles. The van der Waals surface area contributed by atoms with Gasteiger partial charge in [0.15, 0.2) is 0 Å². The minimum atomic E-state index is -1.80. The molecule has 0 unspecified atom stereocenters. The minimum absolute atomic E-state index is 0.297. The molecule has 0 N–H and O–H groups in total. The van der Waals surface area contributed by atoms with Crippen LogP contribution in [0.25, 0.3) is 0 Å². The Bertz CT molecular complexity index is 75.9. The van der Waals surface area contributed by atoms with Gasteiger partial charge in [0.2, 0.25) is 0 Å². The van der Waals surface area contributed by atoms with Gasteiger partial charge in [0, 0.05) is 0 Å². The summed E-state index contributed by atoms with van der Waals surface area (Å²) in [5.74, 6) is 0. The third kappa shape index (κ3) is 2.46. The Morgan fingerprint density at radius 3 is 2.11 bits per heavy atom. The van der Waals surface area contributed by atoms with Crippen molar-refractivity contribution < 1.29 is 7.45 Å². The van der Waals surface area contributed by atoms with E-state index in [1.165, 1.54) is 0 Å². The number of hydrogen-bond acceptors (Lipinski definition) is 2. The summed E-state index contributed by atoms with van der Waals surface area (Å²) in [6, 6.07) is 0. The number of rotatable bonds is 0. The molecule has 1 aliphatic heterocycles. The Kier molecular flexibility index (Phi) is 2.84. The van der Waals surface area contributed by atoms with Gasteiger partial charge in [0.1, 0.15) is 0 Å². The topological polar surface area (TPSA) is 18.5 Å². The molecule has 4 heteroatoms. The van der Waals surface area contributed by atoms with Crippen molar-refractivity contribution in [1.29, 1.82) is 0 Å². The van der Waals surface area contributed by atoms with Crippen LogP contribution in [0.1, 0.15) is 20.3 Å². The molecule has 0 saturated carbocycles. The second kappa shape index (κ2) is 3.25. The van der Waals surface area contributed by atoms with Crippen LogP contribution in [0.2, 0.25) is 0 Å². The van der Waals surface area contributed by atoms with E-state index >= 15 is 0 Å². The van der Waals surface area contributed by atoms with Gasteiger partial charge in [-0.2, -0.15) is 0 Å². The summed E-state index contributed by atoms with van der Waals surface area (Å²) >= 11 is -1.80.